The molecule has 0 radical (unpaired) electrons. The van der Waals surface area contributed by atoms with E-state index in [1.54, 1.807) is 19.2 Å². The molecule has 58 valence electrons. The van der Waals surface area contributed by atoms with E-state index in [0.29, 0.717) is 11.4 Å². The van der Waals surface area contributed by atoms with E-state index in [0.717, 1.165) is 4.47 Å². The third-order valence-corrected chi connectivity index (χ3v) is 1.68. The van der Waals surface area contributed by atoms with E-state index in [1.165, 1.54) is 0 Å². The first-order valence-corrected chi connectivity index (χ1v) is 3.77. The van der Waals surface area contributed by atoms with Crippen molar-refractivity contribution in [2.75, 3.05) is 7.11 Å². The maximum atomic E-state index is 6.76. The second-order valence-corrected chi connectivity index (χ2v) is 2.88. The molecule has 3 nitrogen and oxygen atoms in total. The van der Waals surface area contributed by atoms with Crippen LogP contribution >= 0.6 is 15.9 Å². The van der Waals surface area contributed by atoms with Gasteiger partial charge in [0.25, 0.3) is 0 Å². The summed E-state index contributed by atoms with van der Waals surface area (Å²) < 4.78 is 5.83. The first kappa shape index (κ1) is 8.20. The summed E-state index contributed by atoms with van der Waals surface area (Å²) in [6.07, 6.45) is 0. The zero-order valence-electron chi connectivity index (χ0n) is 5.97. The molecule has 0 aliphatic heterocycles. The molecule has 0 aromatic heterocycles. The summed E-state index contributed by atoms with van der Waals surface area (Å²) in [6, 6.07) is 5.25. The first-order valence-electron chi connectivity index (χ1n) is 2.98. The maximum absolute atomic E-state index is 6.76. The summed E-state index contributed by atoms with van der Waals surface area (Å²) in [4.78, 5) is 0. The minimum Gasteiger partial charge on any atom is -0.497 e. The molecule has 0 spiro atoms. The summed E-state index contributed by atoms with van der Waals surface area (Å²) in [6.45, 7) is 0. The molecule has 0 saturated carbocycles. The van der Waals surface area contributed by atoms with Crippen LogP contribution in [0.1, 0.15) is 0 Å². The lowest BCUT2D eigenvalue weighted by molar-refractivity contribution is 0.414. The highest BCUT2D eigenvalue weighted by Gasteiger charge is 1.96. The van der Waals surface area contributed by atoms with Crippen LogP contribution in [0.2, 0.25) is 0 Å². The van der Waals surface area contributed by atoms with Crippen LogP contribution < -0.4 is 4.74 Å². The lowest BCUT2D eigenvalue weighted by Gasteiger charge is -2.00. The average Bonchev–Trinajstić information content (AvgIpc) is 2.03. The molecule has 1 aromatic carbocycles. The van der Waals surface area contributed by atoms with Gasteiger partial charge in [-0.05, 0) is 12.1 Å². The van der Waals surface area contributed by atoms with Gasteiger partial charge < -0.3 is 4.74 Å². The normalized spacial score (nSPS) is 9.27. The van der Waals surface area contributed by atoms with Crippen molar-refractivity contribution in [3.8, 4) is 5.75 Å². The second-order valence-electron chi connectivity index (χ2n) is 1.96. The molecule has 0 saturated heterocycles. The monoisotopic (exact) mass is 214 g/mol. The fourth-order valence-corrected chi connectivity index (χ4v) is 1.19. The molecular weight excluding hydrogens is 208 g/mol. The molecule has 0 bridgehead atoms. The van der Waals surface area contributed by atoms with Crippen LogP contribution in [0.25, 0.3) is 0 Å². The van der Waals surface area contributed by atoms with Crippen molar-refractivity contribution in [3.05, 3.63) is 22.7 Å². The Hall–Kier alpha value is -0.900. The van der Waals surface area contributed by atoms with Gasteiger partial charge in [-0.3, -0.25) is 0 Å². The van der Waals surface area contributed by atoms with E-state index in [2.05, 4.69) is 21.0 Å². The summed E-state index contributed by atoms with van der Waals surface area (Å²) in [5.41, 5.74) is 7.34. The Balaban J connectivity index is 3.11. The van der Waals surface area contributed by atoms with Crippen molar-refractivity contribution in [1.29, 1.82) is 5.53 Å². The van der Waals surface area contributed by atoms with Gasteiger partial charge >= 0.3 is 0 Å². The molecule has 0 heterocycles. The van der Waals surface area contributed by atoms with Gasteiger partial charge in [-0.25, -0.2) is 5.53 Å². The summed E-state index contributed by atoms with van der Waals surface area (Å²) >= 11 is 3.27. The topological polar surface area (TPSA) is 45.4 Å². The molecule has 0 atom stereocenters. The molecule has 0 aliphatic rings. The number of methoxy groups -OCH3 is 1. The number of halogens is 1. The van der Waals surface area contributed by atoms with Gasteiger partial charge in [0.15, 0.2) is 0 Å². The van der Waals surface area contributed by atoms with E-state index in [4.69, 9.17) is 10.3 Å². The summed E-state index contributed by atoms with van der Waals surface area (Å²) in [7, 11) is 1.58. The van der Waals surface area contributed by atoms with Crippen LogP contribution in [-0.2, 0) is 0 Å². The summed E-state index contributed by atoms with van der Waals surface area (Å²) in [5.74, 6) is 0.699. The SMILES string of the molecule is COc1cc(Br)cc(N=N)c1. The van der Waals surface area contributed by atoms with E-state index >= 15 is 0 Å². The largest absolute Gasteiger partial charge is 0.497 e. The second kappa shape index (κ2) is 3.48. The number of hydrogen-bond donors (Lipinski definition) is 1. The van der Waals surface area contributed by atoms with E-state index < -0.39 is 0 Å². The lowest BCUT2D eigenvalue weighted by atomic mass is 10.3. The Kier molecular flexibility index (Phi) is 2.59. The van der Waals surface area contributed by atoms with Gasteiger partial charge in [0.05, 0.1) is 12.8 Å². The van der Waals surface area contributed by atoms with Crippen molar-refractivity contribution >= 4 is 21.6 Å². The maximum Gasteiger partial charge on any atom is 0.122 e. The molecule has 11 heavy (non-hydrogen) atoms. The van der Waals surface area contributed by atoms with E-state index in [1.807, 2.05) is 6.07 Å². The smallest absolute Gasteiger partial charge is 0.122 e. The highest BCUT2D eigenvalue weighted by molar-refractivity contribution is 9.10. The first-order chi connectivity index (χ1) is 5.26. The number of ether oxygens (including phenoxy) is 1. The quantitative estimate of drug-likeness (QED) is 0.756. The third kappa shape index (κ3) is 2.01. The number of hydrogen-bond acceptors (Lipinski definition) is 3. The van der Waals surface area contributed by atoms with Gasteiger partial charge in [-0.15, -0.1) is 0 Å². The molecule has 0 aliphatic carbocycles. The Bertz CT molecular complexity index is 275. The van der Waals surface area contributed by atoms with Crippen molar-refractivity contribution in [1.82, 2.24) is 0 Å². The fourth-order valence-electron chi connectivity index (χ4n) is 0.730. The third-order valence-electron chi connectivity index (χ3n) is 1.22. The Labute approximate surface area is 73.0 Å². The van der Waals surface area contributed by atoms with Gasteiger partial charge in [0.1, 0.15) is 5.75 Å². The molecule has 1 N–H and O–H groups in total. The average molecular weight is 215 g/mol. The number of rotatable bonds is 2. The number of nitrogens with zero attached hydrogens (tertiary/aromatic N) is 1. The highest BCUT2D eigenvalue weighted by atomic mass is 79.9. The van der Waals surface area contributed by atoms with Crippen LogP contribution in [0, 0.1) is 5.53 Å². The lowest BCUT2D eigenvalue weighted by Crippen LogP contribution is -1.81. The van der Waals surface area contributed by atoms with Gasteiger partial charge in [0.2, 0.25) is 0 Å². The van der Waals surface area contributed by atoms with Crippen LogP contribution in [0.3, 0.4) is 0 Å². The number of benzene rings is 1. The van der Waals surface area contributed by atoms with E-state index in [9.17, 15) is 0 Å². The van der Waals surface area contributed by atoms with Crippen molar-refractivity contribution in [2.24, 2.45) is 5.11 Å². The van der Waals surface area contributed by atoms with Crippen molar-refractivity contribution < 1.29 is 4.74 Å². The molecule has 4 heteroatoms. The van der Waals surface area contributed by atoms with Gasteiger partial charge in [0, 0.05) is 10.5 Å². The van der Waals surface area contributed by atoms with Crippen LogP contribution in [0.4, 0.5) is 5.69 Å². The zero-order valence-corrected chi connectivity index (χ0v) is 7.55. The van der Waals surface area contributed by atoms with Crippen LogP contribution in [-0.4, -0.2) is 7.11 Å². The Morgan fingerprint density at radius 2 is 2.18 bits per heavy atom. The minimum absolute atomic E-state index is 0.580. The van der Waals surface area contributed by atoms with Crippen LogP contribution in [0.5, 0.6) is 5.75 Å². The molecule has 1 rings (SSSR count). The number of nitrogens with one attached hydrogen (secondary N) is 1. The molecule has 0 amide bonds. The zero-order chi connectivity index (χ0) is 8.27. The summed E-state index contributed by atoms with van der Waals surface area (Å²) in [5, 5.41) is 3.28. The van der Waals surface area contributed by atoms with Crippen LogP contribution in [0.15, 0.2) is 27.8 Å². The molecule has 0 fully saturated rings. The highest BCUT2D eigenvalue weighted by Crippen LogP contribution is 2.25. The Morgan fingerprint density at radius 3 is 2.73 bits per heavy atom. The molecular formula is C7H7BrN2O. The molecule has 1 aromatic rings. The predicted octanol–water partition coefficient (Wildman–Crippen LogP) is 3.12. The molecule has 0 unspecified atom stereocenters. The minimum atomic E-state index is 0.580. The van der Waals surface area contributed by atoms with E-state index in [-0.39, 0.29) is 0 Å². The standard InChI is InChI=1S/C7H7BrN2O/c1-11-7-3-5(8)2-6(4-7)10-9/h2-4,9H,1H3. The van der Waals surface area contributed by atoms with Gasteiger partial charge in [-0.2, -0.15) is 5.11 Å². The predicted molar refractivity (Wildman–Crippen MR) is 45.5 cm³/mol. The van der Waals surface area contributed by atoms with Gasteiger partial charge in [-0.1, -0.05) is 15.9 Å². The fraction of sp³-hybridized carbons (Fsp3) is 0.143. The van der Waals surface area contributed by atoms with Crippen molar-refractivity contribution in [3.63, 3.8) is 0 Å². The van der Waals surface area contributed by atoms with Crippen molar-refractivity contribution in [2.45, 2.75) is 0 Å². The Morgan fingerprint density at radius 1 is 1.45 bits per heavy atom.